The Morgan fingerprint density at radius 2 is 2.05 bits per heavy atom. The van der Waals surface area contributed by atoms with Gasteiger partial charge in [0, 0.05) is 13.1 Å². The number of rotatable bonds is 6. The quantitative estimate of drug-likeness (QED) is 0.842. The summed E-state index contributed by atoms with van der Waals surface area (Å²) >= 11 is 0. The number of anilines is 1. The number of hydrogen-bond acceptors (Lipinski definition) is 4. The van der Waals surface area contributed by atoms with Crippen molar-refractivity contribution in [1.29, 1.82) is 0 Å². The van der Waals surface area contributed by atoms with Crippen molar-refractivity contribution < 1.29 is 13.2 Å². The maximum Gasteiger partial charge on any atom is 0.242 e. The van der Waals surface area contributed by atoms with Crippen LogP contribution in [0.4, 0.5) is 5.69 Å². The third-order valence-electron chi connectivity index (χ3n) is 3.35. The number of hydrogen-bond donors (Lipinski definition) is 2. The van der Waals surface area contributed by atoms with Crippen molar-refractivity contribution >= 4 is 15.7 Å². The Bertz CT molecular complexity index is 545. The molecule has 0 amide bonds. The van der Waals surface area contributed by atoms with Crippen molar-refractivity contribution in [3.05, 3.63) is 24.3 Å². The van der Waals surface area contributed by atoms with E-state index in [9.17, 15) is 8.42 Å². The Kier molecular flexibility index (Phi) is 5.01. The van der Waals surface area contributed by atoms with Crippen molar-refractivity contribution in [1.82, 2.24) is 4.72 Å². The molecule has 2 atom stereocenters. The van der Waals surface area contributed by atoms with E-state index < -0.39 is 10.0 Å². The lowest BCUT2D eigenvalue weighted by atomic mass is 10.2. The van der Waals surface area contributed by atoms with Gasteiger partial charge >= 0.3 is 0 Å². The van der Waals surface area contributed by atoms with Crippen LogP contribution in [0.3, 0.4) is 0 Å². The number of nitrogens with one attached hydrogen (secondary N) is 2. The highest BCUT2D eigenvalue weighted by atomic mass is 32.2. The lowest BCUT2D eigenvalue weighted by molar-refractivity contribution is 0.0636. The van der Waals surface area contributed by atoms with Gasteiger partial charge in [0.15, 0.2) is 0 Å². The van der Waals surface area contributed by atoms with E-state index in [-0.39, 0.29) is 11.0 Å². The molecule has 0 saturated carbocycles. The fraction of sp³-hybridized carbons (Fsp3) is 0.571. The lowest BCUT2D eigenvalue weighted by Crippen LogP contribution is -2.25. The van der Waals surface area contributed by atoms with Gasteiger partial charge in [0.05, 0.1) is 17.9 Å². The Morgan fingerprint density at radius 3 is 2.70 bits per heavy atom. The van der Waals surface area contributed by atoms with E-state index in [0.29, 0.717) is 24.9 Å². The van der Waals surface area contributed by atoms with Crippen molar-refractivity contribution in [2.75, 3.05) is 18.4 Å². The van der Waals surface area contributed by atoms with E-state index in [1.807, 2.05) is 6.07 Å². The summed E-state index contributed by atoms with van der Waals surface area (Å²) in [6, 6.07) is 6.94. The van der Waals surface area contributed by atoms with Crippen LogP contribution in [-0.2, 0) is 14.8 Å². The molecule has 0 aromatic heterocycles. The van der Waals surface area contributed by atoms with Gasteiger partial charge < -0.3 is 10.1 Å². The lowest BCUT2D eigenvalue weighted by Gasteiger charge is -2.16. The second-order valence-electron chi connectivity index (χ2n) is 5.02. The second-order valence-corrected chi connectivity index (χ2v) is 6.76. The normalized spacial score (nSPS) is 22.9. The van der Waals surface area contributed by atoms with Crippen LogP contribution in [0.25, 0.3) is 0 Å². The molecule has 2 rings (SSSR count). The first-order chi connectivity index (χ1) is 9.53. The minimum atomic E-state index is -3.45. The highest BCUT2D eigenvalue weighted by molar-refractivity contribution is 7.89. The summed E-state index contributed by atoms with van der Waals surface area (Å²) in [6.45, 7) is 4.83. The molecule has 1 aliphatic heterocycles. The maximum atomic E-state index is 12.1. The van der Waals surface area contributed by atoms with Crippen LogP contribution in [-0.4, -0.2) is 33.7 Å². The Labute approximate surface area is 120 Å². The molecule has 1 aliphatic rings. The minimum absolute atomic E-state index is 0.153. The van der Waals surface area contributed by atoms with Gasteiger partial charge in [-0.15, -0.1) is 0 Å². The number of ether oxygens (including phenoxy) is 1. The molecule has 20 heavy (non-hydrogen) atoms. The number of para-hydroxylation sites is 1. The van der Waals surface area contributed by atoms with Crippen LogP contribution in [0.15, 0.2) is 29.2 Å². The van der Waals surface area contributed by atoms with Gasteiger partial charge in [-0.05, 0) is 31.9 Å². The third kappa shape index (κ3) is 3.71. The van der Waals surface area contributed by atoms with Crippen LogP contribution in [0.2, 0.25) is 0 Å². The summed E-state index contributed by atoms with van der Waals surface area (Å²) in [5.74, 6) is 0. The van der Waals surface area contributed by atoms with Crippen LogP contribution in [0, 0.1) is 0 Å². The van der Waals surface area contributed by atoms with E-state index in [1.54, 1.807) is 25.1 Å². The molecule has 0 spiro atoms. The van der Waals surface area contributed by atoms with E-state index in [2.05, 4.69) is 17.0 Å². The standard InChI is InChI=1S/C14H22N2O3S/c1-3-16-20(17,18)14-7-5-4-6-13(14)15-10-12-9-8-11(2)19-12/h4-7,11-12,15-16H,3,8-10H2,1-2H3. The zero-order chi connectivity index (χ0) is 14.6. The molecule has 0 bridgehead atoms. The average Bonchev–Trinajstić information content (AvgIpc) is 2.82. The molecule has 5 nitrogen and oxygen atoms in total. The van der Waals surface area contributed by atoms with Gasteiger partial charge in [0.1, 0.15) is 4.90 Å². The molecule has 6 heteroatoms. The van der Waals surface area contributed by atoms with E-state index in [1.165, 1.54) is 0 Å². The first-order valence-corrected chi connectivity index (χ1v) is 8.49. The Morgan fingerprint density at radius 1 is 1.30 bits per heavy atom. The highest BCUT2D eigenvalue weighted by Gasteiger charge is 2.22. The van der Waals surface area contributed by atoms with Crippen LogP contribution in [0.5, 0.6) is 0 Å². The molecule has 2 unspecified atom stereocenters. The summed E-state index contributed by atoms with van der Waals surface area (Å²) < 4.78 is 32.5. The smallest absolute Gasteiger partial charge is 0.242 e. The summed E-state index contributed by atoms with van der Waals surface area (Å²) in [7, 11) is -3.45. The van der Waals surface area contributed by atoms with E-state index >= 15 is 0 Å². The fourth-order valence-electron chi connectivity index (χ4n) is 2.37. The maximum absolute atomic E-state index is 12.1. The summed E-state index contributed by atoms with van der Waals surface area (Å²) in [6.07, 6.45) is 2.52. The van der Waals surface area contributed by atoms with Crippen molar-refractivity contribution in [3.8, 4) is 0 Å². The molecule has 0 aliphatic carbocycles. The molecule has 1 heterocycles. The van der Waals surface area contributed by atoms with E-state index in [4.69, 9.17) is 4.74 Å². The molecule has 2 N–H and O–H groups in total. The zero-order valence-electron chi connectivity index (χ0n) is 11.9. The summed E-state index contributed by atoms with van der Waals surface area (Å²) in [5, 5.41) is 3.20. The fourth-order valence-corrected chi connectivity index (χ4v) is 3.60. The summed E-state index contributed by atoms with van der Waals surface area (Å²) in [5.41, 5.74) is 0.622. The molecule has 0 radical (unpaired) electrons. The average molecular weight is 298 g/mol. The van der Waals surface area contributed by atoms with Gasteiger partial charge in [-0.3, -0.25) is 0 Å². The minimum Gasteiger partial charge on any atom is -0.381 e. The van der Waals surface area contributed by atoms with Crippen molar-refractivity contribution in [3.63, 3.8) is 0 Å². The summed E-state index contributed by atoms with van der Waals surface area (Å²) in [4.78, 5) is 0.285. The Hall–Kier alpha value is -1.11. The topological polar surface area (TPSA) is 67.4 Å². The van der Waals surface area contributed by atoms with Crippen LogP contribution in [0.1, 0.15) is 26.7 Å². The first-order valence-electron chi connectivity index (χ1n) is 7.01. The molecule has 112 valence electrons. The number of sulfonamides is 1. The highest BCUT2D eigenvalue weighted by Crippen LogP contribution is 2.23. The largest absolute Gasteiger partial charge is 0.381 e. The number of benzene rings is 1. The van der Waals surface area contributed by atoms with Gasteiger partial charge in [0.25, 0.3) is 0 Å². The van der Waals surface area contributed by atoms with Gasteiger partial charge in [-0.2, -0.15) is 0 Å². The molecular formula is C14H22N2O3S. The van der Waals surface area contributed by atoms with E-state index in [0.717, 1.165) is 12.8 Å². The van der Waals surface area contributed by atoms with Crippen molar-refractivity contribution in [2.24, 2.45) is 0 Å². The third-order valence-corrected chi connectivity index (χ3v) is 4.95. The molecular weight excluding hydrogens is 276 g/mol. The predicted molar refractivity (Wildman–Crippen MR) is 79.4 cm³/mol. The van der Waals surface area contributed by atoms with Gasteiger partial charge in [-0.1, -0.05) is 19.1 Å². The second kappa shape index (κ2) is 6.56. The van der Waals surface area contributed by atoms with Crippen LogP contribution >= 0.6 is 0 Å². The SMILES string of the molecule is CCNS(=O)(=O)c1ccccc1NCC1CCC(C)O1. The van der Waals surface area contributed by atoms with Crippen molar-refractivity contribution in [2.45, 2.75) is 43.8 Å². The first kappa shape index (κ1) is 15.3. The molecule has 1 fully saturated rings. The molecule has 1 aromatic carbocycles. The van der Waals surface area contributed by atoms with Gasteiger partial charge in [0.2, 0.25) is 10.0 Å². The Balaban J connectivity index is 2.08. The van der Waals surface area contributed by atoms with Gasteiger partial charge in [-0.25, -0.2) is 13.1 Å². The van der Waals surface area contributed by atoms with Crippen LogP contribution < -0.4 is 10.0 Å². The molecule has 1 saturated heterocycles. The monoisotopic (exact) mass is 298 g/mol. The molecule has 1 aromatic rings. The zero-order valence-corrected chi connectivity index (χ0v) is 12.7. The predicted octanol–water partition coefficient (Wildman–Crippen LogP) is 1.96.